The van der Waals surface area contributed by atoms with Crippen LogP contribution < -0.4 is 23.8 Å². The number of amides is 2. The molecule has 0 saturated heterocycles. The molecule has 0 aliphatic heterocycles. The predicted octanol–water partition coefficient (Wildman–Crippen LogP) is 4.49. The van der Waals surface area contributed by atoms with Gasteiger partial charge in [-0.2, -0.15) is 0 Å². The number of nitrogens with zero attached hydrogens (tertiary/aromatic N) is 2. The van der Waals surface area contributed by atoms with E-state index in [4.69, 9.17) is 14.2 Å². The molecule has 3 aromatic carbocycles. The summed E-state index contributed by atoms with van der Waals surface area (Å²) in [5.74, 6) is 0.650. The van der Waals surface area contributed by atoms with Crippen LogP contribution in [0.25, 0.3) is 0 Å². The van der Waals surface area contributed by atoms with Crippen molar-refractivity contribution in [1.29, 1.82) is 0 Å². The summed E-state index contributed by atoms with van der Waals surface area (Å²) in [6, 6.07) is 18.9. The predicted molar refractivity (Wildman–Crippen MR) is 166 cm³/mol. The maximum Gasteiger partial charge on any atom is 0.264 e. The minimum Gasteiger partial charge on any atom is -0.497 e. The lowest BCUT2D eigenvalue weighted by molar-refractivity contribution is -0.140. The van der Waals surface area contributed by atoms with Gasteiger partial charge in [-0.05, 0) is 54.3 Å². The molecule has 0 aliphatic carbocycles. The average molecular weight is 612 g/mol. The summed E-state index contributed by atoms with van der Waals surface area (Å²) in [7, 11) is 0.253. The Bertz CT molecular complexity index is 1480. The summed E-state index contributed by atoms with van der Waals surface area (Å²) < 4.78 is 45.2. The second-order valence-electron chi connectivity index (χ2n) is 10.3. The van der Waals surface area contributed by atoms with Gasteiger partial charge < -0.3 is 24.4 Å². The van der Waals surface area contributed by atoms with Gasteiger partial charge in [0.1, 0.15) is 18.3 Å². The van der Waals surface area contributed by atoms with Crippen molar-refractivity contribution in [3.63, 3.8) is 0 Å². The fraction of sp³-hybridized carbons (Fsp3) is 0.375. The Balaban J connectivity index is 2.10. The summed E-state index contributed by atoms with van der Waals surface area (Å²) in [6.45, 7) is 5.72. The van der Waals surface area contributed by atoms with Crippen LogP contribution in [0.15, 0.2) is 77.7 Å². The number of hydrogen-bond donors (Lipinski definition) is 1. The molecule has 0 aromatic heterocycles. The highest BCUT2D eigenvalue weighted by atomic mass is 32.2. The van der Waals surface area contributed by atoms with Crippen LogP contribution in [0.4, 0.5) is 5.69 Å². The molecule has 0 unspecified atom stereocenters. The molecular weight excluding hydrogens is 570 g/mol. The van der Waals surface area contributed by atoms with Crippen LogP contribution in [0.1, 0.15) is 32.8 Å². The Morgan fingerprint density at radius 1 is 0.860 bits per heavy atom. The van der Waals surface area contributed by atoms with Gasteiger partial charge in [-0.3, -0.25) is 13.9 Å². The second-order valence-corrected chi connectivity index (χ2v) is 12.2. The van der Waals surface area contributed by atoms with Gasteiger partial charge in [0.25, 0.3) is 10.0 Å². The van der Waals surface area contributed by atoms with Crippen LogP contribution >= 0.6 is 0 Å². The van der Waals surface area contributed by atoms with E-state index in [0.717, 1.165) is 9.87 Å². The van der Waals surface area contributed by atoms with Crippen LogP contribution in [-0.4, -0.2) is 65.6 Å². The summed E-state index contributed by atoms with van der Waals surface area (Å²) in [4.78, 5) is 29.1. The van der Waals surface area contributed by atoms with Crippen molar-refractivity contribution in [2.75, 3.05) is 38.7 Å². The van der Waals surface area contributed by atoms with Gasteiger partial charge in [0.15, 0.2) is 11.5 Å². The normalized spacial score (nSPS) is 11.9. The van der Waals surface area contributed by atoms with Crippen LogP contribution in [-0.2, 0) is 26.2 Å². The van der Waals surface area contributed by atoms with Gasteiger partial charge in [0, 0.05) is 19.2 Å². The van der Waals surface area contributed by atoms with E-state index in [2.05, 4.69) is 5.32 Å². The lowest BCUT2D eigenvalue weighted by Crippen LogP contribution is -2.52. The van der Waals surface area contributed by atoms with Gasteiger partial charge >= 0.3 is 0 Å². The Morgan fingerprint density at radius 3 is 2.16 bits per heavy atom. The quantitative estimate of drug-likeness (QED) is 0.269. The maximum absolute atomic E-state index is 14.2. The fourth-order valence-corrected chi connectivity index (χ4v) is 5.97. The SMILES string of the molecule is CC[C@@H](C(=O)NCC(C)C)N(Cc1cccc(OC)c1)C(=O)CN(c1ccc(OC)c(OC)c1)S(=O)(=O)c1ccccc1. The molecule has 10 nitrogen and oxygen atoms in total. The zero-order valence-corrected chi connectivity index (χ0v) is 26.4. The van der Waals surface area contributed by atoms with Gasteiger partial charge in [-0.25, -0.2) is 8.42 Å². The first-order chi connectivity index (χ1) is 20.5. The largest absolute Gasteiger partial charge is 0.497 e. The molecule has 0 fully saturated rings. The zero-order valence-electron chi connectivity index (χ0n) is 25.6. The third kappa shape index (κ3) is 8.41. The molecule has 3 rings (SSSR count). The summed E-state index contributed by atoms with van der Waals surface area (Å²) in [5.41, 5.74) is 0.930. The molecular formula is C32H41N3O7S. The molecule has 1 N–H and O–H groups in total. The van der Waals surface area contributed by atoms with Crippen molar-refractivity contribution in [2.45, 2.75) is 44.7 Å². The van der Waals surface area contributed by atoms with E-state index in [-0.39, 0.29) is 29.0 Å². The number of rotatable bonds is 15. The van der Waals surface area contributed by atoms with E-state index in [1.54, 1.807) is 55.6 Å². The molecule has 0 heterocycles. The first-order valence-corrected chi connectivity index (χ1v) is 15.5. The van der Waals surface area contributed by atoms with Crippen molar-refractivity contribution in [3.8, 4) is 17.2 Å². The Labute approximate surface area is 254 Å². The topological polar surface area (TPSA) is 114 Å². The molecule has 0 radical (unpaired) electrons. The molecule has 11 heteroatoms. The van der Waals surface area contributed by atoms with Crippen LogP contribution in [0, 0.1) is 5.92 Å². The molecule has 0 saturated carbocycles. The molecule has 2 amide bonds. The van der Waals surface area contributed by atoms with E-state index in [0.29, 0.717) is 30.2 Å². The number of carbonyl (C=O) groups is 2. The molecule has 232 valence electrons. The van der Waals surface area contributed by atoms with E-state index in [1.165, 1.54) is 37.3 Å². The summed E-state index contributed by atoms with van der Waals surface area (Å²) in [6.07, 6.45) is 0.321. The number of carbonyl (C=O) groups excluding carboxylic acids is 2. The van der Waals surface area contributed by atoms with Gasteiger partial charge in [-0.1, -0.05) is 51.1 Å². The van der Waals surface area contributed by atoms with Crippen LogP contribution in [0.5, 0.6) is 17.2 Å². The van der Waals surface area contributed by atoms with Crippen molar-refractivity contribution in [2.24, 2.45) is 5.92 Å². The average Bonchev–Trinajstić information content (AvgIpc) is 3.02. The van der Waals surface area contributed by atoms with Gasteiger partial charge in [0.2, 0.25) is 11.8 Å². The number of sulfonamides is 1. The third-order valence-corrected chi connectivity index (χ3v) is 8.61. The number of methoxy groups -OCH3 is 3. The van der Waals surface area contributed by atoms with Gasteiger partial charge in [-0.15, -0.1) is 0 Å². The van der Waals surface area contributed by atoms with E-state index in [9.17, 15) is 18.0 Å². The summed E-state index contributed by atoms with van der Waals surface area (Å²) >= 11 is 0. The number of benzene rings is 3. The third-order valence-electron chi connectivity index (χ3n) is 6.82. The van der Waals surface area contributed by atoms with Crippen molar-refractivity contribution in [1.82, 2.24) is 10.2 Å². The molecule has 0 spiro atoms. The number of anilines is 1. The first-order valence-electron chi connectivity index (χ1n) is 14.1. The maximum atomic E-state index is 14.2. The first kappa shape index (κ1) is 33.3. The standard InChI is InChI=1S/C32H41N3O7S/c1-7-28(32(37)33-20-23(2)3)34(21-24-12-11-13-26(18-24)40-4)31(36)22-35(43(38,39)27-14-9-8-10-15-27)25-16-17-29(41-5)30(19-25)42-6/h8-19,23,28H,7,20-22H2,1-6H3,(H,33,37)/t28-/m0/s1. The highest BCUT2D eigenvalue weighted by Crippen LogP contribution is 2.34. The van der Waals surface area contributed by atoms with Crippen LogP contribution in [0.3, 0.4) is 0 Å². The smallest absolute Gasteiger partial charge is 0.264 e. The lowest BCUT2D eigenvalue weighted by atomic mass is 10.1. The molecule has 1 atom stereocenters. The minimum atomic E-state index is -4.22. The van der Waals surface area contributed by atoms with Crippen molar-refractivity contribution >= 4 is 27.5 Å². The Hall–Kier alpha value is -4.25. The summed E-state index contributed by atoms with van der Waals surface area (Å²) in [5, 5.41) is 2.93. The van der Waals surface area contributed by atoms with Crippen molar-refractivity contribution in [3.05, 3.63) is 78.4 Å². The Kier molecular flexibility index (Phi) is 11.8. The number of hydrogen-bond acceptors (Lipinski definition) is 7. The van der Waals surface area contributed by atoms with E-state index in [1.807, 2.05) is 26.8 Å². The monoisotopic (exact) mass is 611 g/mol. The highest BCUT2D eigenvalue weighted by Gasteiger charge is 2.34. The molecule has 0 aliphatic rings. The van der Waals surface area contributed by atoms with E-state index >= 15 is 0 Å². The number of ether oxygens (including phenoxy) is 3. The zero-order chi connectivity index (χ0) is 31.6. The minimum absolute atomic E-state index is 0.0126. The molecule has 43 heavy (non-hydrogen) atoms. The fourth-order valence-electron chi connectivity index (χ4n) is 4.54. The highest BCUT2D eigenvalue weighted by molar-refractivity contribution is 7.92. The van der Waals surface area contributed by atoms with Gasteiger partial charge in [0.05, 0.1) is 31.9 Å². The van der Waals surface area contributed by atoms with E-state index < -0.39 is 28.5 Å². The van der Waals surface area contributed by atoms with Crippen LogP contribution in [0.2, 0.25) is 0 Å². The lowest BCUT2D eigenvalue weighted by Gasteiger charge is -2.33. The number of nitrogens with one attached hydrogen (secondary N) is 1. The second kappa shape index (κ2) is 15.3. The Morgan fingerprint density at radius 2 is 1.56 bits per heavy atom. The molecule has 0 bridgehead atoms. The molecule has 3 aromatic rings. The van der Waals surface area contributed by atoms with Crippen molar-refractivity contribution < 1.29 is 32.2 Å².